The first-order valence-corrected chi connectivity index (χ1v) is 7.92. The van der Waals surface area contributed by atoms with Crippen molar-refractivity contribution in [3.63, 3.8) is 0 Å². The van der Waals surface area contributed by atoms with Gasteiger partial charge in [0, 0.05) is 18.0 Å². The Hall–Kier alpha value is -1.00. The molecule has 1 unspecified atom stereocenters. The molecule has 0 saturated carbocycles. The molecule has 1 heterocycles. The third kappa shape index (κ3) is 5.25. The summed E-state index contributed by atoms with van der Waals surface area (Å²) in [5, 5.41) is 2.96. The van der Waals surface area contributed by atoms with E-state index in [2.05, 4.69) is 17.4 Å². The van der Waals surface area contributed by atoms with Gasteiger partial charge in [0.05, 0.1) is 0 Å². The zero-order valence-corrected chi connectivity index (χ0v) is 12.0. The van der Waals surface area contributed by atoms with Crippen LogP contribution in [0.2, 0.25) is 0 Å². The molecule has 1 saturated heterocycles. The van der Waals surface area contributed by atoms with E-state index in [1.54, 1.807) is 0 Å². The van der Waals surface area contributed by atoms with E-state index < -0.39 is 0 Å². The summed E-state index contributed by atoms with van der Waals surface area (Å²) in [5.41, 5.74) is 0. The molecule has 4 heteroatoms. The minimum Gasteiger partial charge on any atom is -0.368 e. The number of hydrogen-bond acceptors (Lipinski definition) is 3. The van der Waals surface area contributed by atoms with Crippen molar-refractivity contribution in [1.29, 1.82) is 0 Å². The van der Waals surface area contributed by atoms with Crippen LogP contribution in [0.5, 0.6) is 0 Å². The molecule has 1 aromatic carbocycles. The highest BCUT2D eigenvalue weighted by Gasteiger charge is 2.20. The standard InChI is InChI=1S/C15H21NO2S/c17-15(14-9-4-5-11-18-14)16-10-6-12-19-13-7-2-1-3-8-13/h1-3,7-8,14H,4-6,9-12H2,(H,16,17). The predicted octanol–water partition coefficient (Wildman–Crippen LogP) is 2.85. The number of nitrogens with one attached hydrogen (secondary N) is 1. The van der Waals surface area contributed by atoms with Crippen LogP contribution < -0.4 is 5.32 Å². The first-order chi connectivity index (χ1) is 9.36. The van der Waals surface area contributed by atoms with Gasteiger partial charge in [-0.3, -0.25) is 4.79 Å². The van der Waals surface area contributed by atoms with Crippen molar-refractivity contribution in [3.8, 4) is 0 Å². The number of hydrogen-bond donors (Lipinski definition) is 1. The van der Waals surface area contributed by atoms with Gasteiger partial charge in [-0.25, -0.2) is 0 Å². The minimum absolute atomic E-state index is 0.0596. The Morgan fingerprint density at radius 2 is 2.16 bits per heavy atom. The zero-order valence-electron chi connectivity index (χ0n) is 11.1. The Kier molecular flexibility index (Phi) is 6.24. The Balaban J connectivity index is 1.55. The van der Waals surface area contributed by atoms with Crippen molar-refractivity contribution >= 4 is 17.7 Å². The molecule has 0 radical (unpaired) electrons. The number of benzene rings is 1. The predicted molar refractivity (Wildman–Crippen MR) is 78.4 cm³/mol. The fraction of sp³-hybridized carbons (Fsp3) is 0.533. The summed E-state index contributed by atoms with van der Waals surface area (Å²) in [7, 11) is 0. The van der Waals surface area contributed by atoms with E-state index in [-0.39, 0.29) is 12.0 Å². The summed E-state index contributed by atoms with van der Waals surface area (Å²) in [6.45, 7) is 1.46. The molecule has 104 valence electrons. The molecular formula is C15H21NO2S. The molecule has 1 amide bonds. The molecule has 1 N–H and O–H groups in total. The van der Waals surface area contributed by atoms with Crippen molar-refractivity contribution in [2.75, 3.05) is 18.9 Å². The summed E-state index contributed by atoms with van der Waals surface area (Å²) >= 11 is 1.83. The number of carbonyl (C=O) groups excluding carboxylic acids is 1. The smallest absolute Gasteiger partial charge is 0.249 e. The maximum absolute atomic E-state index is 11.8. The summed E-state index contributed by atoms with van der Waals surface area (Å²) in [6, 6.07) is 10.3. The van der Waals surface area contributed by atoms with Gasteiger partial charge in [0.15, 0.2) is 0 Å². The van der Waals surface area contributed by atoms with Crippen molar-refractivity contribution < 1.29 is 9.53 Å². The lowest BCUT2D eigenvalue weighted by Crippen LogP contribution is -2.38. The molecule has 2 rings (SSSR count). The lowest BCUT2D eigenvalue weighted by molar-refractivity contribution is -0.135. The molecule has 0 spiro atoms. The Morgan fingerprint density at radius 3 is 2.89 bits per heavy atom. The number of carbonyl (C=O) groups is 1. The molecule has 0 aromatic heterocycles. The van der Waals surface area contributed by atoms with Crippen LogP contribution in [0.15, 0.2) is 35.2 Å². The van der Waals surface area contributed by atoms with E-state index in [0.29, 0.717) is 0 Å². The Morgan fingerprint density at radius 1 is 1.32 bits per heavy atom. The molecule has 1 aromatic rings. The number of thioether (sulfide) groups is 1. The van der Waals surface area contributed by atoms with Gasteiger partial charge in [-0.1, -0.05) is 18.2 Å². The number of rotatable bonds is 6. The van der Waals surface area contributed by atoms with Gasteiger partial charge in [-0.05, 0) is 43.6 Å². The van der Waals surface area contributed by atoms with Crippen molar-refractivity contribution in [3.05, 3.63) is 30.3 Å². The van der Waals surface area contributed by atoms with E-state index in [4.69, 9.17) is 4.74 Å². The van der Waals surface area contributed by atoms with Gasteiger partial charge in [-0.2, -0.15) is 0 Å². The van der Waals surface area contributed by atoms with Gasteiger partial charge in [0.25, 0.3) is 0 Å². The van der Waals surface area contributed by atoms with Crippen LogP contribution in [0, 0.1) is 0 Å². The Labute approximate surface area is 119 Å². The summed E-state index contributed by atoms with van der Waals surface area (Å²) in [5.74, 6) is 1.08. The van der Waals surface area contributed by atoms with Gasteiger partial charge in [-0.15, -0.1) is 11.8 Å². The van der Waals surface area contributed by atoms with Gasteiger partial charge in [0.1, 0.15) is 6.10 Å². The van der Waals surface area contributed by atoms with Gasteiger partial charge < -0.3 is 10.1 Å². The summed E-state index contributed by atoms with van der Waals surface area (Å²) in [4.78, 5) is 13.1. The molecule has 19 heavy (non-hydrogen) atoms. The highest BCUT2D eigenvalue weighted by Crippen LogP contribution is 2.17. The second-order valence-corrected chi connectivity index (χ2v) is 5.83. The topological polar surface area (TPSA) is 38.3 Å². The SMILES string of the molecule is O=C(NCCCSc1ccccc1)C1CCCCO1. The highest BCUT2D eigenvalue weighted by atomic mass is 32.2. The van der Waals surface area contributed by atoms with Crippen LogP contribution in [-0.2, 0) is 9.53 Å². The van der Waals surface area contributed by atoms with Gasteiger partial charge >= 0.3 is 0 Å². The maximum atomic E-state index is 11.8. The van der Waals surface area contributed by atoms with Gasteiger partial charge in [0.2, 0.25) is 5.91 Å². The van der Waals surface area contributed by atoms with Crippen LogP contribution in [0.25, 0.3) is 0 Å². The lowest BCUT2D eigenvalue weighted by Gasteiger charge is -2.21. The minimum atomic E-state index is -0.212. The summed E-state index contributed by atoms with van der Waals surface area (Å²) < 4.78 is 5.45. The molecule has 1 atom stereocenters. The average Bonchev–Trinajstić information content (AvgIpc) is 2.49. The first kappa shape index (κ1) is 14.4. The van der Waals surface area contributed by atoms with Crippen LogP contribution in [0.3, 0.4) is 0 Å². The van der Waals surface area contributed by atoms with Crippen LogP contribution >= 0.6 is 11.8 Å². The fourth-order valence-electron chi connectivity index (χ4n) is 2.05. The fourth-order valence-corrected chi connectivity index (χ4v) is 2.93. The summed E-state index contributed by atoms with van der Waals surface area (Å²) in [6.07, 6.45) is 3.82. The normalized spacial score (nSPS) is 19.1. The van der Waals surface area contributed by atoms with E-state index in [0.717, 1.165) is 44.6 Å². The average molecular weight is 279 g/mol. The monoisotopic (exact) mass is 279 g/mol. The molecule has 0 bridgehead atoms. The first-order valence-electron chi connectivity index (χ1n) is 6.93. The number of amides is 1. The van der Waals surface area contributed by atoms with Crippen molar-refractivity contribution in [2.24, 2.45) is 0 Å². The van der Waals surface area contributed by atoms with Crippen LogP contribution in [-0.4, -0.2) is 30.9 Å². The molecule has 1 aliphatic rings. The zero-order chi connectivity index (χ0) is 13.3. The van der Waals surface area contributed by atoms with E-state index in [1.165, 1.54) is 4.90 Å². The van der Waals surface area contributed by atoms with E-state index >= 15 is 0 Å². The van der Waals surface area contributed by atoms with Crippen molar-refractivity contribution in [1.82, 2.24) is 5.32 Å². The second kappa shape index (κ2) is 8.23. The quantitative estimate of drug-likeness (QED) is 0.643. The Bertz CT molecular complexity index is 377. The molecule has 1 aliphatic heterocycles. The van der Waals surface area contributed by atoms with Crippen LogP contribution in [0.4, 0.5) is 0 Å². The van der Waals surface area contributed by atoms with Crippen molar-refractivity contribution in [2.45, 2.75) is 36.7 Å². The molecule has 0 aliphatic carbocycles. The number of ether oxygens (including phenoxy) is 1. The molecular weight excluding hydrogens is 258 g/mol. The maximum Gasteiger partial charge on any atom is 0.249 e. The molecule has 1 fully saturated rings. The largest absolute Gasteiger partial charge is 0.368 e. The van der Waals surface area contributed by atoms with E-state index in [9.17, 15) is 4.79 Å². The lowest BCUT2D eigenvalue weighted by atomic mass is 10.1. The second-order valence-electron chi connectivity index (χ2n) is 4.66. The van der Waals surface area contributed by atoms with E-state index in [1.807, 2.05) is 30.0 Å². The third-order valence-electron chi connectivity index (χ3n) is 3.10. The third-order valence-corrected chi connectivity index (χ3v) is 4.20. The molecule has 3 nitrogen and oxygen atoms in total. The highest BCUT2D eigenvalue weighted by molar-refractivity contribution is 7.99. The van der Waals surface area contributed by atoms with Crippen LogP contribution in [0.1, 0.15) is 25.7 Å².